The zero-order valence-corrected chi connectivity index (χ0v) is 11.5. The van der Waals surface area contributed by atoms with Crippen molar-refractivity contribution >= 4 is 11.9 Å². The molecule has 3 rings (SSSR count). The van der Waals surface area contributed by atoms with Gasteiger partial charge in [0, 0.05) is 44.3 Å². The fourth-order valence-electron chi connectivity index (χ4n) is 1.90. The number of nitrogens with zero attached hydrogens (tertiary/aromatic N) is 7. The minimum Gasteiger partial charge on any atom is -0.368 e. The summed E-state index contributed by atoms with van der Waals surface area (Å²) in [5.74, 6) is 1.04. The molecule has 3 N–H and O–H groups in total. The molecule has 21 heavy (non-hydrogen) atoms. The molecule has 0 atom stereocenters. The van der Waals surface area contributed by atoms with Gasteiger partial charge in [0.05, 0.1) is 0 Å². The first-order valence-electron chi connectivity index (χ1n) is 6.43. The van der Waals surface area contributed by atoms with Crippen molar-refractivity contribution in [3.63, 3.8) is 0 Å². The largest absolute Gasteiger partial charge is 0.368 e. The lowest BCUT2D eigenvalue weighted by molar-refractivity contribution is 0.710. The molecule has 3 aromatic heterocycles. The minimum absolute atomic E-state index is 0.164. The van der Waals surface area contributed by atoms with Crippen LogP contribution in [0.5, 0.6) is 0 Å². The van der Waals surface area contributed by atoms with E-state index in [1.54, 1.807) is 29.5 Å². The van der Waals surface area contributed by atoms with Crippen LogP contribution in [0.1, 0.15) is 5.69 Å². The van der Waals surface area contributed by atoms with Crippen LogP contribution in [0.4, 0.5) is 11.9 Å². The number of imidazole rings is 1. The van der Waals surface area contributed by atoms with Crippen LogP contribution in [0, 0.1) is 0 Å². The summed E-state index contributed by atoms with van der Waals surface area (Å²) < 4.78 is 3.50. The van der Waals surface area contributed by atoms with E-state index in [2.05, 4.69) is 30.4 Å². The highest BCUT2D eigenvalue weighted by atomic mass is 15.3. The predicted octanol–water partition coefficient (Wildman–Crippen LogP) is 0.0276. The molecular formula is C12H15N9. The third-order valence-corrected chi connectivity index (χ3v) is 2.96. The molecule has 0 saturated heterocycles. The fraction of sp³-hybridized carbons (Fsp3) is 0.250. The third-order valence-electron chi connectivity index (χ3n) is 2.96. The van der Waals surface area contributed by atoms with Crippen molar-refractivity contribution < 1.29 is 0 Å². The Morgan fingerprint density at radius 2 is 2.14 bits per heavy atom. The molecule has 3 heterocycles. The first-order valence-corrected chi connectivity index (χ1v) is 6.43. The van der Waals surface area contributed by atoms with Crippen LogP contribution in [-0.2, 0) is 13.5 Å². The molecule has 0 aliphatic carbocycles. The molecule has 3 aromatic rings. The summed E-state index contributed by atoms with van der Waals surface area (Å²) in [6, 6.07) is 1.97. The van der Waals surface area contributed by atoms with Gasteiger partial charge >= 0.3 is 0 Å². The Kier molecular flexibility index (Phi) is 3.46. The standard InChI is InChI=1S/C12H15N9/c1-20-9(3-5-16-20)2-4-15-11-17-10(13)18-12(19-11)21-7-6-14-8-21/h3,5-8H,2,4H2,1H3,(H3,13,15,17,18,19). The topological polar surface area (TPSA) is 112 Å². The Morgan fingerprint density at radius 1 is 1.24 bits per heavy atom. The van der Waals surface area contributed by atoms with E-state index in [0.29, 0.717) is 18.4 Å². The van der Waals surface area contributed by atoms with Crippen molar-refractivity contribution in [2.24, 2.45) is 7.05 Å². The van der Waals surface area contributed by atoms with Gasteiger partial charge in [-0.15, -0.1) is 0 Å². The smallest absolute Gasteiger partial charge is 0.241 e. The number of aryl methyl sites for hydroxylation is 1. The molecule has 0 fully saturated rings. The zero-order valence-electron chi connectivity index (χ0n) is 11.5. The van der Waals surface area contributed by atoms with Gasteiger partial charge in [0.1, 0.15) is 6.33 Å². The molecule has 108 valence electrons. The number of rotatable bonds is 5. The highest BCUT2D eigenvalue weighted by Crippen LogP contribution is 2.07. The van der Waals surface area contributed by atoms with E-state index in [1.165, 1.54) is 0 Å². The molecule has 0 saturated carbocycles. The Morgan fingerprint density at radius 3 is 2.86 bits per heavy atom. The van der Waals surface area contributed by atoms with E-state index in [0.717, 1.165) is 12.1 Å². The number of nitrogens with one attached hydrogen (secondary N) is 1. The highest BCUT2D eigenvalue weighted by Gasteiger charge is 2.06. The lowest BCUT2D eigenvalue weighted by Crippen LogP contribution is -2.13. The van der Waals surface area contributed by atoms with Gasteiger partial charge in [-0.1, -0.05) is 0 Å². The lowest BCUT2D eigenvalue weighted by Gasteiger charge is -2.07. The number of aromatic nitrogens is 7. The normalized spacial score (nSPS) is 10.7. The van der Waals surface area contributed by atoms with Crippen LogP contribution in [0.15, 0.2) is 31.0 Å². The SMILES string of the molecule is Cn1nccc1CCNc1nc(N)nc(-n2ccnc2)n1. The fourth-order valence-corrected chi connectivity index (χ4v) is 1.90. The Hall–Kier alpha value is -2.97. The van der Waals surface area contributed by atoms with E-state index in [1.807, 2.05) is 17.8 Å². The second-order valence-electron chi connectivity index (χ2n) is 4.41. The first-order chi connectivity index (χ1) is 10.2. The second kappa shape index (κ2) is 5.57. The van der Waals surface area contributed by atoms with Crippen LogP contribution >= 0.6 is 0 Å². The molecule has 0 radical (unpaired) electrons. The Balaban J connectivity index is 1.69. The summed E-state index contributed by atoms with van der Waals surface area (Å²) in [5.41, 5.74) is 6.83. The van der Waals surface area contributed by atoms with Crippen molar-refractivity contribution in [3.05, 3.63) is 36.7 Å². The van der Waals surface area contributed by atoms with Crippen LogP contribution < -0.4 is 11.1 Å². The van der Waals surface area contributed by atoms with Crippen LogP contribution in [-0.4, -0.2) is 40.8 Å². The third kappa shape index (κ3) is 2.96. The van der Waals surface area contributed by atoms with Gasteiger partial charge in [0.15, 0.2) is 0 Å². The van der Waals surface area contributed by atoms with E-state index in [9.17, 15) is 0 Å². The van der Waals surface area contributed by atoms with Gasteiger partial charge in [-0.05, 0) is 6.07 Å². The van der Waals surface area contributed by atoms with E-state index in [-0.39, 0.29) is 5.95 Å². The molecule has 0 bridgehead atoms. The van der Waals surface area contributed by atoms with Gasteiger partial charge in [-0.25, -0.2) is 4.98 Å². The van der Waals surface area contributed by atoms with Gasteiger partial charge in [-0.3, -0.25) is 9.25 Å². The van der Waals surface area contributed by atoms with E-state index >= 15 is 0 Å². The van der Waals surface area contributed by atoms with Crippen molar-refractivity contribution in [1.82, 2.24) is 34.3 Å². The summed E-state index contributed by atoms with van der Waals surface area (Å²) in [4.78, 5) is 16.4. The summed E-state index contributed by atoms with van der Waals surface area (Å²) in [6.07, 6.45) is 7.58. The van der Waals surface area contributed by atoms with Crippen LogP contribution in [0.2, 0.25) is 0 Å². The van der Waals surface area contributed by atoms with Gasteiger partial charge < -0.3 is 11.1 Å². The lowest BCUT2D eigenvalue weighted by atomic mass is 10.3. The van der Waals surface area contributed by atoms with Crippen molar-refractivity contribution in [2.75, 3.05) is 17.6 Å². The van der Waals surface area contributed by atoms with Crippen LogP contribution in [0.25, 0.3) is 5.95 Å². The van der Waals surface area contributed by atoms with Gasteiger partial charge in [-0.2, -0.15) is 20.1 Å². The summed E-state index contributed by atoms with van der Waals surface area (Å²) in [5, 5.41) is 7.26. The Labute approximate surface area is 120 Å². The first kappa shape index (κ1) is 13.0. The highest BCUT2D eigenvalue weighted by molar-refractivity contribution is 5.35. The maximum absolute atomic E-state index is 5.71. The molecule has 0 unspecified atom stereocenters. The molecule has 0 aliphatic rings. The molecule has 0 spiro atoms. The number of hydrogen-bond acceptors (Lipinski definition) is 7. The van der Waals surface area contributed by atoms with Crippen molar-refractivity contribution in [3.8, 4) is 5.95 Å². The molecular weight excluding hydrogens is 270 g/mol. The zero-order chi connectivity index (χ0) is 14.7. The predicted molar refractivity (Wildman–Crippen MR) is 76.8 cm³/mol. The van der Waals surface area contributed by atoms with Crippen molar-refractivity contribution in [1.29, 1.82) is 0 Å². The number of nitrogen functional groups attached to an aromatic ring is 1. The monoisotopic (exact) mass is 285 g/mol. The number of anilines is 2. The molecule has 9 nitrogen and oxygen atoms in total. The molecule has 0 amide bonds. The molecule has 0 aliphatic heterocycles. The minimum atomic E-state index is 0.164. The molecule has 0 aromatic carbocycles. The molecule has 9 heteroatoms. The summed E-state index contributed by atoms with van der Waals surface area (Å²) >= 11 is 0. The Bertz CT molecular complexity index is 716. The van der Waals surface area contributed by atoms with E-state index in [4.69, 9.17) is 5.73 Å². The van der Waals surface area contributed by atoms with Crippen molar-refractivity contribution in [2.45, 2.75) is 6.42 Å². The maximum Gasteiger partial charge on any atom is 0.241 e. The quantitative estimate of drug-likeness (QED) is 0.680. The number of hydrogen-bond donors (Lipinski definition) is 2. The van der Waals surface area contributed by atoms with E-state index < -0.39 is 0 Å². The number of nitrogens with two attached hydrogens (primary N) is 1. The second-order valence-corrected chi connectivity index (χ2v) is 4.41. The van der Waals surface area contributed by atoms with Gasteiger partial charge in [0.2, 0.25) is 17.8 Å². The summed E-state index contributed by atoms with van der Waals surface area (Å²) in [7, 11) is 1.91. The average Bonchev–Trinajstić information content (AvgIpc) is 3.10. The summed E-state index contributed by atoms with van der Waals surface area (Å²) in [6.45, 7) is 0.673. The average molecular weight is 285 g/mol. The van der Waals surface area contributed by atoms with Gasteiger partial charge in [0.25, 0.3) is 0 Å². The van der Waals surface area contributed by atoms with Crippen LogP contribution in [0.3, 0.4) is 0 Å². The maximum atomic E-state index is 5.71.